The van der Waals surface area contributed by atoms with Gasteiger partial charge in [0.2, 0.25) is 5.91 Å². The van der Waals surface area contributed by atoms with E-state index >= 15 is 0 Å². The van der Waals surface area contributed by atoms with Crippen molar-refractivity contribution in [2.75, 3.05) is 18.9 Å². The molecule has 0 aliphatic carbocycles. The van der Waals surface area contributed by atoms with Gasteiger partial charge in [-0.1, -0.05) is 42.5 Å². The molecule has 0 bridgehead atoms. The standard InChI is InChI=1S/C22H25NO6S/c1-17(24)23-14-5-6-18-9-11-19(12-10-18)21(25)16-29-22(26)13-15-30(27,28)20-7-3-2-4-8-20/h2-4,7-12H,5-6,13-16H2,1H3,(H,23,24). The minimum absolute atomic E-state index is 0.0665. The van der Waals surface area contributed by atoms with Crippen molar-refractivity contribution >= 4 is 27.5 Å². The summed E-state index contributed by atoms with van der Waals surface area (Å²) in [5, 5.41) is 2.72. The summed E-state index contributed by atoms with van der Waals surface area (Å²) >= 11 is 0. The van der Waals surface area contributed by atoms with Gasteiger partial charge < -0.3 is 10.1 Å². The highest BCUT2D eigenvalue weighted by Gasteiger charge is 2.17. The number of aryl methyl sites for hydroxylation is 1. The number of ketones is 1. The van der Waals surface area contributed by atoms with Crippen LogP contribution in [0.3, 0.4) is 0 Å². The Labute approximate surface area is 176 Å². The Bertz CT molecular complexity index is 968. The Hall–Kier alpha value is -3.00. The first-order valence-corrected chi connectivity index (χ1v) is 11.2. The van der Waals surface area contributed by atoms with Crippen molar-refractivity contribution < 1.29 is 27.5 Å². The third-order valence-electron chi connectivity index (χ3n) is 4.33. The molecular weight excluding hydrogens is 406 g/mol. The van der Waals surface area contributed by atoms with Gasteiger partial charge >= 0.3 is 5.97 Å². The van der Waals surface area contributed by atoms with Crippen LogP contribution in [0.2, 0.25) is 0 Å². The molecule has 0 spiro atoms. The lowest BCUT2D eigenvalue weighted by Crippen LogP contribution is -2.21. The minimum atomic E-state index is -3.57. The summed E-state index contributed by atoms with van der Waals surface area (Å²) in [6, 6.07) is 14.8. The first-order chi connectivity index (χ1) is 14.3. The number of hydrogen-bond donors (Lipinski definition) is 1. The Kier molecular flexibility index (Phi) is 8.73. The quantitative estimate of drug-likeness (QED) is 0.333. The summed E-state index contributed by atoms with van der Waals surface area (Å²) in [5.74, 6) is -1.54. The molecule has 30 heavy (non-hydrogen) atoms. The van der Waals surface area contributed by atoms with Crippen LogP contribution in [0.25, 0.3) is 0 Å². The Morgan fingerprint density at radius 2 is 1.63 bits per heavy atom. The molecule has 0 aliphatic heterocycles. The van der Waals surface area contributed by atoms with E-state index in [9.17, 15) is 22.8 Å². The van der Waals surface area contributed by atoms with Gasteiger partial charge in [0.25, 0.3) is 0 Å². The highest BCUT2D eigenvalue weighted by molar-refractivity contribution is 7.91. The minimum Gasteiger partial charge on any atom is -0.457 e. The molecule has 160 valence electrons. The second-order valence-corrected chi connectivity index (χ2v) is 8.86. The average molecular weight is 432 g/mol. The molecular formula is C22H25NO6S. The monoisotopic (exact) mass is 431 g/mol. The molecule has 0 aliphatic rings. The van der Waals surface area contributed by atoms with Crippen molar-refractivity contribution in [3.8, 4) is 0 Å². The van der Waals surface area contributed by atoms with Crippen LogP contribution in [0.5, 0.6) is 0 Å². The number of ether oxygens (including phenoxy) is 1. The second-order valence-electron chi connectivity index (χ2n) is 6.75. The fraction of sp³-hybridized carbons (Fsp3) is 0.318. The summed E-state index contributed by atoms with van der Waals surface area (Å²) in [5.41, 5.74) is 1.44. The van der Waals surface area contributed by atoms with Crippen molar-refractivity contribution in [3.63, 3.8) is 0 Å². The van der Waals surface area contributed by atoms with Crippen LogP contribution in [-0.2, 0) is 30.6 Å². The van der Waals surface area contributed by atoms with E-state index in [1.807, 2.05) is 12.1 Å². The van der Waals surface area contributed by atoms with Gasteiger partial charge in [0, 0.05) is 19.0 Å². The van der Waals surface area contributed by atoms with Crippen LogP contribution in [-0.4, -0.2) is 45.0 Å². The summed E-state index contributed by atoms with van der Waals surface area (Å²) in [6.07, 6.45) is 1.23. The number of sulfone groups is 1. The van der Waals surface area contributed by atoms with Crippen LogP contribution in [0.4, 0.5) is 0 Å². The van der Waals surface area contributed by atoms with Gasteiger partial charge in [-0.05, 0) is 30.5 Å². The first-order valence-electron chi connectivity index (χ1n) is 9.58. The molecule has 0 saturated carbocycles. The van der Waals surface area contributed by atoms with Crippen LogP contribution < -0.4 is 5.32 Å². The largest absolute Gasteiger partial charge is 0.457 e. The number of hydrogen-bond acceptors (Lipinski definition) is 6. The Morgan fingerprint density at radius 1 is 0.967 bits per heavy atom. The lowest BCUT2D eigenvalue weighted by molar-refractivity contribution is -0.142. The number of esters is 1. The van der Waals surface area contributed by atoms with Crippen molar-refractivity contribution in [2.45, 2.75) is 31.1 Å². The van der Waals surface area contributed by atoms with E-state index in [0.717, 1.165) is 18.4 Å². The normalized spacial score (nSPS) is 11.0. The lowest BCUT2D eigenvalue weighted by Gasteiger charge is -2.07. The van der Waals surface area contributed by atoms with Crippen molar-refractivity contribution in [3.05, 3.63) is 65.7 Å². The van der Waals surface area contributed by atoms with Gasteiger partial charge in [0.15, 0.2) is 22.2 Å². The van der Waals surface area contributed by atoms with Crippen molar-refractivity contribution in [2.24, 2.45) is 0 Å². The van der Waals surface area contributed by atoms with Gasteiger partial charge in [-0.15, -0.1) is 0 Å². The van der Waals surface area contributed by atoms with E-state index in [1.54, 1.807) is 30.3 Å². The van der Waals surface area contributed by atoms with Gasteiger partial charge in [-0.25, -0.2) is 8.42 Å². The van der Waals surface area contributed by atoms with Crippen LogP contribution in [0.1, 0.15) is 35.7 Å². The molecule has 2 aromatic rings. The molecule has 2 aromatic carbocycles. The maximum Gasteiger partial charge on any atom is 0.307 e. The van der Waals surface area contributed by atoms with Gasteiger partial charge in [0.05, 0.1) is 17.1 Å². The molecule has 0 aromatic heterocycles. The van der Waals surface area contributed by atoms with Crippen LogP contribution in [0.15, 0.2) is 59.5 Å². The number of Topliss-reactive ketones (excluding diaryl/α,β-unsaturated/α-hetero) is 1. The Balaban J connectivity index is 1.75. The van der Waals surface area contributed by atoms with E-state index in [1.165, 1.54) is 19.1 Å². The average Bonchev–Trinajstić information content (AvgIpc) is 2.74. The number of carbonyl (C=O) groups excluding carboxylic acids is 3. The summed E-state index contributed by atoms with van der Waals surface area (Å²) < 4.78 is 29.2. The second kappa shape index (κ2) is 11.3. The molecule has 2 rings (SSSR count). The van der Waals surface area contributed by atoms with Crippen LogP contribution >= 0.6 is 0 Å². The van der Waals surface area contributed by atoms with E-state index in [-0.39, 0.29) is 28.8 Å². The predicted molar refractivity (Wildman–Crippen MR) is 112 cm³/mol. The SMILES string of the molecule is CC(=O)NCCCc1ccc(C(=O)COC(=O)CCS(=O)(=O)c2ccccc2)cc1. The highest BCUT2D eigenvalue weighted by Crippen LogP contribution is 2.12. The molecule has 7 nitrogen and oxygen atoms in total. The number of amides is 1. The van der Waals surface area contributed by atoms with Crippen molar-refractivity contribution in [1.29, 1.82) is 0 Å². The topological polar surface area (TPSA) is 107 Å². The third kappa shape index (κ3) is 7.79. The molecule has 0 saturated heterocycles. The molecule has 0 atom stereocenters. The maximum atomic E-state index is 12.2. The molecule has 0 radical (unpaired) electrons. The first kappa shape index (κ1) is 23.3. The van der Waals surface area contributed by atoms with Crippen molar-refractivity contribution in [1.82, 2.24) is 5.32 Å². The number of benzene rings is 2. The third-order valence-corrected chi connectivity index (χ3v) is 6.07. The molecule has 0 heterocycles. The van der Waals surface area contributed by atoms with Gasteiger partial charge in [-0.3, -0.25) is 14.4 Å². The van der Waals surface area contributed by atoms with Gasteiger partial charge in [-0.2, -0.15) is 0 Å². The lowest BCUT2D eigenvalue weighted by atomic mass is 10.1. The molecule has 0 unspecified atom stereocenters. The number of nitrogens with one attached hydrogen (secondary N) is 1. The maximum absolute atomic E-state index is 12.2. The molecule has 8 heteroatoms. The summed E-state index contributed by atoms with van der Waals surface area (Å²) in [6.45, 7) is 1.62. The van der Waals surface area contributed by atoms with E-state index < -0.39 is 22.4 Å². The zero-order valence-electron chi connectivity index (χ0n) is 16.8. The summed E-state index contributed by atoms with van der Waals surface area (Å²) in [7, 11) is -3.57. The summed E-state index contributed by atoms with van der Waals surface area (Å²) in [4.78, 5) is 35.0. The molecule has 0 fully saturated rings. The number of carbonyl (C=O) groups is 3. The Morgan fingerprint density at radius 3 is 2.27 bits per heavy atom. The number of rotatable bonds is 11. The zero-order chi connectivity index (χ0) is 22.0. The van der Waals surface area contributed by atoms with Crippen LogP contribution in [0, 0.1) is 0 Å². The fourth-order valence-corrected chi connectivity index (χ4v) is 3.92. The van der Waals surface area contributed by atoms with Gasteiger partial charge in [0.1, 0.15) is 0 Å². The molecule has 1 N–H and O–H groups in total. The van der Waals surface area contributed by atoms with E-state index in [0.29, 0.717) is 12.1 Å². The van der Waals surface area contributed by atoms with E-state index in [2.05, 4.69) is 5.32 Å². The predicted octanol–water partition coefficient (Wildman–Crippen LogP) is 2.35. The zero-order valence-corrected chi connectivity index (χ0v) is 17.6. The smallest absolute Gasteiger partial charge is 0.307 e. The fourth-order valence-electron chi connectivity index (χ4n) is 2.68. The van der Waals surface area contributed by atoms with E-state index in [4.69, 9.17) is 4.74 Å². The highest BCUT2D eigenvalue weighted by atomic mass is 32.2. The molecule has 1 amide bonds.